The Labute approximate surface area is 221 Å². The second-order valence-corrected chi connectivity index (χ2v) is 12.3. The van der Waals surface area contributed by atoms with Crippen molar-refractivity contribution in [3.05, 3.63) is 40.5 Å². The Morgan fingerprint density at radius 2 is 1.78 bits per heavy atom. The first kappa shape index (κ1) is 29.1. The lowest BCUT2D eigenvalue weighted by Crippen LogP contribution is -2.48. The number of amides is 1. The van der Waals surface area contributed by atoms with Crippen LogP contribution in [-0.2, 0) is 14.8 Å². The molecule has 0 radical (unpaired) electrons. The van der Waals surface area contributed by atoms with Crippen LogP contribution in [0, 0.1) is 13.8 Å². The minimum Gasteiger partial charge on any atom is -0.497 e. The van der Waals surface area contributed by atoms with Crippen molar-refractivity contribution in [1.29, 1.82) is 0 Å². The lowest BCUT2D eigenvalue weighted by molar-refractivity contribution is -0.122. The van der Waals surface area contributed by atoms with Gasteiger partial charge in [0.2, 0.25) is 15.9 Å². The summed E-state index contributed by atoms with van der Waals surface area (Å²) in [4.78, 5) is 22.0. The summed E-state index contributed by atoms with van der Waals surface area (Å²) >= 11 is 0. The summed E-state index contributed by atoms with van der Waals surface area (Å²) in [5, 5.41) is 3.09. The Morgan fingerprint density at radius 3 is 2.32 bits per heavy atom. The van der Waals surface area contributed by atoms with Crippen molar-refractivity contribution in [3.63, 3.8) is 0 Å². The molecule has 0 aromatic heterocycles. The first-order chi connectivity index (χ1) is 17.4. The van der Waals surface area contributed by atoms with Gasteiger partial charge in [0.05, 0.1) is 12.0 Å². The van der Waals surface area contributed by atoms with Crippen LogP contribution in [0.2, 0.25) is 0 Å². The number of nitrogens with zero attached hydrogens (tertiary/aromatic N) is 4. The quantitative estimate of drug-likeness (QED) is 0.498. The van der Waals surface area contributed by atoms with Crippen LogP contribution in [0.3, 0.4) is 0 Å². The van der Waals surface area contributed by atoms with Crippen molar-refractivity contribution in [2.75, 3.05) is 54.4 Å². The van der Waals surface area contributed by atoms with Crippen LogP contribution < -0.4 is 10.1 Å². The second-order valence-electron chi connectivity index (χ2n) is 10.3. The third-order valence-corrected chi connectivity index (χ3v) is 9.02. The fourth-order valence-electron chi connectivity index (χ4n) is 4.98. The molecule has 1 fully saturated rings. The van der Waals surface area contributed by atoms with Gasteiger partial charge in [-0.2, -0.15) is 0 Å². The van der Waals surface area contributed by atoms with Crippen molar-refractivity contribution in [1.82, 2.24) is 19.4 Å². The molecule has 1 saturated heterocycles. The number of rotatable bonds is 10. The maximum Gasteiger partial charge on any atom is 0.243 e. The number of likely N-dealkylation sites (tertiary alicyclic amines) is 1. The molecule has 1 aromatic rings. The van der Waals surface area contributed by atoms with Gasteiger partial charge >= 0.3 is 0 Å². The van der Waals surface area contributed by atoms with Crippen molar-refractivity contribution in [2.24, 2.45) is 4.99 Å². The molecule has 1 N–H and O–H groups in total. The predicted octanol–water partition coefficient (Wildman–Crippen LogP) is 2.35. The zero-order chi connectivity index (χ0) is 27.3. The highest BCUT2D eigenvalue weighted by atomic mass is 32.2. The summed E-state index contributed by atoms with van der Waals surface area (Å²) in [5.41, 5.74) is 3.54. The van der Waals surface area contributed by atoms with Crippen LogP contribution in [0.1, 0.15) is 37.3 Å². The van der Waals surface area contributed by atoms with E-state index in [1.807, 2.05) is 14.1 Å². The number of ether oxygens (including phenoxy) is 1. The lowest BCUT2D eigenvalue weighted by atomic mass is 10.0. The molecule has 10 heteroatoms. The van der Waals surface area contributed by atoms with Gasteiger partial charge in [0, 0.05) is 51.3 Å². The van der Waals surface area contributed by atoms with Gasteiger partial charge in [-0.3, -0.25) is 9.69 Å². The van der Waals surface area contributed by atoms with Crippen LogP contribution in [0.4, 0.5) is 0 Å². The van der Waals surface area contributed by atoms with E-state index in [-0.39, 0.29) is 36.0 Å². The largest absolute Gasteiger partial charge is 0.497 e. The van der Waals surface area contributed by atoms with Gasteiger partial charge in [-0.05, 0) is 88.5 Å². The van der Waals surface area contributed by atoms with E-state index in [2.05, 4.69) is 39.0 Å². The van der Waals surface area contributed by atoms with E-state index in [1.54, 1.807) is 33.1 Å². The summed E-state index contributed by atoms with van der Waals surface area (Å²) in [6.45, 7) is 8.21. The molecule has 37 heavy (non-hydrogen) atoms. The number of piperidine rings is 1. The normalized spacial score (nSPS) is 19.2. The summed E-state index contributed by atoms with van der Waals surface area (Å²) in [5.74, 6) is 3.67. The summed E-state index contributed by atoms with van der Waals surface area (Å²) in [6, 6.07) is 3.50. The number of aryl methyl sites for hydroxylation is 2. The zero-order valence-electron chi connectivity index (χ0n) is 23.2. The molecule has 2 heterocycles. The first-order valence-corrected chi connectivity index (χ1v) is 14.2. The molecule has 1 atom stereocenters. The minimum absolute atomic E-state index is 0.00582. The fraction of sp³-hybridized carbons (Fsp3) is 0.593. The molecule has 0 bridgehead atoms. The second kappa shape index (κ2) is 12.4. The van der Waals surface area contributed by atoms with Crippen LogP contribution in [0.25, 0.3) is 0 Å². The fourth-order valence-corrected chi connectivity index (χ4v) is 6.55. The van der Waals surface area contributed by atoms with Crippen molar-refractivity contribution in [3.8, 4) is 5.75 Å². The molecule has 9 nitrogen and oxygen atoms in total. The van der Waals surface area contributed by atoms with E-state index in [0.717, 1.165) is 38.0 Å². The zero-order valence-corrected chi connectivity index (χ0v) is 24.0. The number of aliphatic imine (C=N–C) groups is 1. The average Bonchev–Trinajstić information content (AvgIpc) is 2.82. The van der Waals surface area contributed by atoms with E-state index in [1.165, 1.54) is 16.9 Å². The van der Waals surface area contributed by atoms with Gasteiger partial charge in [0.1, 0.15) is 11.9 Å². The van der Waals surface area contributed by atoms with E-state index in [0.29, 0.717) is 16.9 Å². The molecule has 1 aromatic carbocycles. The van der Waals surface area contributed by atoms with Gasteiger partial charge in [-0.25, -0.2) is 17.7 Å². The number of nitrogens with one attached hydrogen (secondary N) is 1. The van der Waals surface area contributed by atoms with E-state index in [4.69, 9.17) is 4.74 Å². The SMILES string of the molecule is COc1cc(C)c(S(=O)(=O)N(C)CCC(=O)NC2CCN(C3N=C=C(CN(C)C)C=C3C)CC2)c(C)c1. The predicted molar refractivity (Wildman–Crippen MR) is 147 cm³/mol. The van der Waals surface area contributed by atoms with E-state index in [9.17, 15) is 13.2 Å². The minimum atomic E-state index is -3.72. The van der Waals surface area contributed by atoms with Crippen molar-refractivity contribution >= 4 is 21.8 Å². The van der Waals surface area contributed by atoms with Gasteiger partial charge in [-0.1, -0.05) is 0 Å². The molecular formula is C27H41N5O4S. The van der Waals surface area contributed by atoms with Crippen LogP contribution in [0.5, 0.6) is 5.75 Å². The number of carbonyl (C=O) groups is 1. The third-order valence-electron chi connectivity index (χ3n) is 6.86. The number of benzene rings is 1. The van der Waals surface area contributed by atoms with Crippen LogP contribution in [-0.4, -0.2) is 101 Å². The Balaban J connectivity index is 1.50. The Kier molecular flexibility index (Phi) is 9.72. The highest BCUT2D eigenvalue weighted by molar-refractivity contribution is 7.89. The van der Waals surface area contributed by atoms with Crippen LogP contribution in [0.15, 0.2) is 39.2 Å². The Hall–Kier alpha value is -2.49. The molecule has 0 spiro atoms. The number of hydrogen-bond donors (Lipinski definition) is 1. The van der Waals surface area contributed by atoms with Gasteiger partial charge in [0.15, 0.2) is 0 Å². The number of methoxy groups -OCH3 is 1. The molecule has 2 aliphatic heterocycles. The van der Waals surface area contributed by atoms with E-state index >= 15 is 0 Å². The highest BCUT2D eigenvalue weighted by Crippen LogP contribution is 2.28. The van der Waals surface area contributed by atoms with Crippen molar-refractivity contribution < 1.29 is 17.9 Å². The van der Waals surface area contributed by atoms with Gasteiger partial charge in [0.25, 0.3) is 0 Å². The molecule has 1 amide bonds. The number of sulfonamides is 1. The Bertz CT molecular complexity index is 1170. The first-order valence-electron chi connectivity index (χ1n) is 12.7. The summed E-state index contributed by atoms with van der Waals surface area (Å²) < 4.78 is 32.9. The van der Waals surface area contributed by atoms with Gasteiger partial charge < -0.3 is 15.0 Å². The van der Waals surface area contributed by atoms with E-state index < -0.39 is 10.0 Å². The Morgan fingerprint density at radius 1 is 1.16 bits per heavy atom. The summed E-state index contributed by atoms with van der Waals surface area (Å²) in [7, 11) is 3.41. The maximum atomic E-state index is 13.2. The number of likely N-dealkylation sites (N-methyl/N-ethyl adjacent to an activating group) is 1. The number of carbonyl (C=O) groups excluding carboxylic acids is 1. The standard InChI is InChI=1S/C27H41N5O4S/c1-19-15-24(36-7)16-20(2)26(19)37(34,35)31(6)11-10-25(33)29-23-8-12-32(13-9-23)27-21(3)14-22(17-28-27)18-30(4)5/h14-16,23,27H,8-13,18H2,1-7H3,(H,29,33). The monoisotopic (exact) mass is 531 g/mol. The molecule has 1 unspecified atom stereocenters. The topological polar surface area (TPSA) is 94.5 Å². The molecular weight excluding hydrogens is 490 g/mol. The van der Waals surface area contributed by atoms with Crippen LogP contribution >= 0.6 is 0 Å². The number of hydrogen-bond acceptors (Lipinski definition) is 7. The average molecular weight is 532 g/mol. The molecule has 3 rings (SSSR count). The lowest BCUT2D eigenvalue weighted by Gasteiger charge is -2.36. The van der Waals surface area contributed by atoms with Crippen molar-refractivity contribution in [2.45, 2.75) is 57.1 Å². The maximum absolute atomic E-state index is 13.2. The smallest absolute Gasteiger partial charge is 0.243 e. The van der Waals surface area contributed by atoms with Gasteiger partial charge in [-0.15, -0.1) is 0 Å². The molecule has 0 saturated carbocycles. The highest BCUT2D eigenvalue weighted by Gasteiger charge is 2.29. The third kappa shape index (κ3) is 7.30. The summed E-state index contributed by atoms with van der Waals surface area (Å²) in [6.07, 6.45) is 3.95. The molecule has 0 aliphatic carbocycles. The molecule has 204 valence electrons. The molecule has 2 aliphatic rings.